The average Bonchev–Trinajstić information content (AvgIpc) is 2.66. The summed E-state index contributed by atoms with van der Waals surface area (Å²) in [4.78, 5) is 14.2. The fourth-order valence-electron chi connectivity index (χ4n) is 2.22. The lowest BCUT2D eigenvalue weighted by Gasteiger charge is -2.26. The summed E-state index contributed by atoms with van der Waals surface area (Å²) >= 11 is 0. The lowest BCUT2D eigenvalue weighted by atomic mass is 9.98. The van der Waals surface area contributed by atoms with E-state index in [4.69, 9.17) is 10.5 Å². The highest BCUT2D eigenvalue weighted by molar-refractivity contribution is 5.82. The Labute approximate surface area is 114 Å². The third kappa shape index (κ3) is 3.07. The molecule has 0 radical (unpaired) electrons. The van der Waals surface area contributed by atoms with Crippen molar-refractivity contribution in [3.05, 3.63) is 29.8 Å². The van der Waals surface area contributed by atoms with E-state index in [0.29, 0.717) is 19.7 Å². The van der Waals surface area contributed by atoms with Crippen molar-refractivity contribution in [3.63, 3.8) is 0 Å². The highest BCUT2D eigenvalue weighted by atomic mass is 16.5. The minimum atomic E-state index is -0.421. The van der Waals surface area contributed by atoms with Crippen LogP contribution in [0.15, 0.2) is 24.3 Å². The fourth-order valence-corrected chi connectivity index (χ4v) is 2.22. The van der Waals surface area contributed by atoms with E-state index in [2.05, 4.69) is 6.92 Å². The van der Waals surface area contributed by atoms with E-state index >= 15 is 0 Å². The van der Waals surface area contributed by atoms with Crippen molar-refractivity contribution < 1.29 is 9.53 Å². The summed E-state index contributed by atoms with van der Waals surface area (Å²) in [7, 11) is 0. The van der Waals surface area contributed by atoms with Crippen LogP contribution in [0.5, 0.6) is 5.75 Å². The van der Waals surface area contributed by atoms with Crippen LogP contribution in [-0.2, 0) is 11.3 Å². The van der Waals surface area contributed by atoms with E-state index in [-0.39, 0.29) is 11.8 Å². The van der Waals surface area contributed by atoms with Crippen LogP contribution in [0, 0.1) is 5.92 Å². The van der Waals surface area contributed by atoms with Gasteiger partial charge in [-0.3, -0.25) is 4.79 Å². The molecule has 0 bridgehead atoms. The molecule has 4 heteroatoms. The van der Waals surface area contributed by atoms with Gasteiger partial charge in [-0.1, -0.05) is 38.5 Å². The number of amides is 1. The second-order valence-electron chi connectivity index (χ2n) is 5.13. The molecule has 0 saturated heterocycles. The number of carbonyl (C=O) groups excluding carboxylic acids is 1. The number of rotatable bonds is 3. The van der Waals surface area contributed by atoms with Crippen molar-refractivity contribution in [1.29, 1.82) is 0 Å². The average molecular weight is 262 g/mol. The molecule has 1 amide bonds. The Kier molecular flexibility index (Phi) is 4.43. The van der Waals surface area contributed by atoms with Gasteiger partial charge in [0.25, 0.3) is 0 Å². The van der Waals surface area contributed by atoms with Crippen LogP contribution in [-0.4, -0.2) is 30.0 Å². The summed E-state index contributed by atoms with van der Waals surface area (Å²) in [5.41, 5.74) is 7.09. The van der Waals surface area contributed by atoms with Crippen LogP contribution in [0.3, 0.4) is 0 Å². The second kappa shape index (κ2) is 6.06. The number of carbonyl (C=O) groups is 1. The molecule has 104 valence electrons. The van der Waals surface area contributed by atoms with Crippen LogP contribution >= 0.6 is 0 Å². The molecular weight excluding hydrogens is 240 g/mol. The SMILES string of the molecule is CCC(C)[C@H](N)C(=O)N1CCOc2ccccc2C1. The molecule has 2 N–H and O–H groups in total. The predicted molar refractivity (Wildman–Crippen MR) is 74.8 cm³/mol. The van der Waals surface area contributed by atoms with Gasteiger partial charge in [0.2, 0.25) is 5.91 Å². The topological polar surface area (TPSA) is 55.6 Å². The molecule has 2 rings (SSSR count). The monoisotopic (exact) mass is 262 g/mol. The normalized spacial score (nSPS) is 17.9. The first-order chi connectivity index (χ1) is 9.13. The summed E-state index contributed by atoms with van der Waals surface area (Å²) in [5, 5.41) is 0. The zero-order valence-corrected chi connectivity index (χ0v) is 11.6. The maximum atomic E-state index is 12.4. The molecule has 0 aromatic heterocycles. The van der Waals surface area contributed by atoms with Crippen molar-refractivity contribution in [1.82, 2.24) is 4.90 Å². The lowest BCUT2D eigenvalue weighted by molar-refractivity contribution is -0.134. The van der Waals surface area contributed by atoms with Gasteiger partial charge in [0.05, 0.1) is 12.6 Å². The number of para-hydroxylation sites is 1. The van der Waals surface area contributed by atoms with Crippen molar-refractivity contribution in [2.45, 2.75) is 32.9 Å². The standard InChI is InChI=1S/C15H22N2O2/c1-3-11(2)14(16)15(18)17-8-9-19-13-7-5-4-6-12(13)10-17/h4-7,11,14H,3,8-10,16H2,1-2H3/t11?,14-/m0/s1. The zero-order chi connectivity index (χ0) is 13.8. The quantitative estimate of drug-likeness (QED) is 0.903. The minimum absolute atomic E-state index is 0.0228. The van der Waals surface area contributed by atoms with E-state index in [0.717, 1.165) is 17.7 Å². The van der Waals surface area contributed by atoms with E-state index in [1.165, 1.54) is 0 Å². The van der Waals surface area contributed by atoms with Gasteiger partial charge in [0.15, 0.2) is 0 Å². The molecule has 1 unspecified atom stereocenters. The fraction of sp³-hybridized carbons (Fsp3) is 0.533. The van der Waals surface area contributed by atoms with Gasteiger partial charge in [-0.2, -0.15) is 0 Å². The third-order valence-corrected chi connectivity index (χ3v) is 3.81. The van der Waals surface area contributed by atoms with Crippen molar-refractivity contribution in [3.8, 4) is 5.75 Å². The zero-order valence-electron chi connectivity index (χ0n) is 11.6. The summed E-state index contributed by atoms with van der Waals surface area (Å²) in [6.07, 6.45) is 0.911. The molecule has 4 nitrogen and oxygen atoms in total. The Morgan fingerprint density at radius 3 is 2.95 bits per heavy atom. The molecule has 1 aromatic rings. The first-order valence-corrected chi connectivity index (χ1v) is 6.88. The van der Waals surface area contributed by atoms with Gasteiger partial charge in [-0.15, -0.1) is 0 Å². The molecule has 1 heterocycles. The Morgan fingerprint density at radius 2 is 2.21 bits per heavy atom. The molecule has 0 fully saturated rings. The molecular formula is C15H22N2O2. The van der Waals surface area contributed by atoms with Gasteiger partial charge >= 0.3 is 0 Å². The van der Waals surface area contributed by atoms with E-state index < -0.39 is 6.04 Å². The van der Waals surface area contributed by atoms with Gasteiger partial charge in [0, 0.05) is 12.1 Å². The first-order valence-electron chi connectivity index (χ1n) is 6.88. The molecule has 19 heavy (non-hydrogen) atoms. The highest BCUT2D eigenvalue weighted by Crippen LogP contribution is 2.23. The number of nitrogens with zero attached hydrogens (tertiary/aromatic N) is 1. The smallest absolute Gasteiger partial charge is 0.240 e. The van der Waals surface area contributed by atoms with Gasteiger partial charge < -0.3 is 15.4 Å². The maximum Gasteiger partial charge on any atom is 0.240 e. The summed E-state index contributed by atoms with van der Waals surface area (Å²) in [6, 6.07) is 7.43. The molecule has 0 aliphatic carbocycles. The number of nitrogens with two attached hydrogens (primary N) is 1. The van der Waals surface area contributed by atoms with Crippen molar-refractivity contribution in [2.75, 3.05) is 13.2 Å². The Bertz CT molecular complexity index is 448. The molecule has 1 aliphatic rings. The second-order valence-corrected chi connectivity index (χ2v) is 5.13. The van der Waals surface area contributed by atoms with Gasteiger partial charge in [-0.25, -0.2) is 0 Å². The van der Waals surface area contributed by atoms with Crippen LogP contribution in [0.25, 0.3) is 0 Å². The number of ether oxygens (including phenoxy) is 1. The van der Waals surface area contributed by atoms with E-state index in [1.54, 1.807) is 0 Å². The minimum Gasteiger partial charge on any atom is -0.491 e. The summed E-state index contributed by atoms with van der Waals surface area (Å²) in [6.45, 7) is 5.77. The number of hydrogen-bond acceptors (Lipinski definition) is 3. The van der Waals surface area contributed by atoms with Crippen molar-refractivity contribution >= 4 is 5.91 Å². The van der Waals surface area contributed by atoms with Crippen molar-refractivity contribution in [2.24, 2.45) is 11.7 Å². The number of hydrogen-bond donors (Lipinski definition) is 1. The summed E-state index contributed by atoms with van der Waals surface area (Å²) in [5.74, 6) is 1.09. The molecule has 0 saturated carbocycles. The van der Waals surface area contributed by atoms with Crippen LogP contribution in [0.1, 0.15) is 25.8 Å². The van der Waals surface area contributed by atoms with Crippen LogP contribution in [0.2, 0.25) is 0 Å². The highest BCUT2D eigenvalue weighted by Gasteiger charge is 2.26. The van der Waals surface area contributed by atoms with Gasteiger partial charge in [0.1, 0.15) is 12.4 Å². The molecule has 1 aromatic carbocycles. The molecule has 2 atom stereocenters. The largest absolute Gasteiger partial charge is 0.491 e. The van der Waals surface area contributed by atoms with Gasteiger partial charge in [-0.05, 0) is 12.0 Å². The number of benzene rings is 1. The molecule has 1 aliphatic heterocycles. The summed E-state index contributed by atoms with van der Waals surface area (Å²) < 4.78 is 5.66. The molecule has 0 spiro atoms. The maximum absolute atomic E-state index is 12.4. The lowest BCUT2D eigenvalue weighted by Crippen LogP contribution is -2.47. The first kappa shape index (κ1) is 13.9. The van der Waals surface area contributed by atoms with Crippen LogP contribution < -0.4 is 10.5 Å². The van der Waals surface area contributed by atoms with E-state index in [1.807, 2.05) is 36.1 Å². The predicted octanol–water partition coefficient (Wildman–Crippen LogP) is 1.78. The Balaban J connectivity index is 2.12. The third-order valence-electron chi connectivity index (χ3n) is 3.81. The van der Waals surface area contributed by atoms with E-state index in [9.17, 15) is 4.79 Å². The number of fused-ring (bicyclic) bond motifs is 1. The van der Waals surface area contributed by atoms with Crippen LogP contribution in [0.4, 0.5) is 0 Å². The Hall–Kier alpha value is -1.55. The Morgan fingerprint density at radius 1 is 1.47 bits per heavy atom.